The average Bonchev–Trinajstić information content (AvgIpc) is 3.15. The van der Waals surface area contributed by atoms with Crippen molar-refractivity contribution in [3.8, 4) is 17.0 Å². The molecule has 6 heteroatoms. The fourth-order valence-corrected chi connectivity index (χ4v) is 4.34. The molecule has 1 heterocycles. The van der Waals surface area contributed by atoms with Gasteiger partial charge in [0.05, 0.1) is 18.4 Å². The normalized spacial score (nSPS) is 10.9. The number of nitrogens with one attached hydrogen (secondary N) is 2. The molecule has 2 N–H and O–H groups in total. The Morgan fingerprint density at radius 3 is 2.53 bits per heavy atom. The molecule has 152 valence electrons. The Bertz CT molecular complexity index is 1170. The number of halogens is 1. The highest BCUT2D eigenvalue weighted by Gasteiger charge is 2.14. The van der Waals surface area contributed by atoms with Crippen molar-refractivity contribution in [1.82, 2.24) is 10.3 Å². The summed E-state index contributed by atoms with van der Waals surface area (Å²) in [7, 11) is 1.65. The summed E-state index contributed by atoms with van der Waals surface area (Å²) in [5.74, 6) is 0.551. The Balaban J connectivity index is 1.50. The van der Waals surface area contributed by atoms with Gasteiger partial charge in [-0.05, 0) is 48.0 Å². The number of carbonyl (C=O) groups is 1. The van der Waals surface area contributed by atoms with E-state index in [1.54, 1.807) is 31.0 Å². The van der Waals surface area contributed by atoms with Crippen LogP contribution in [0.1, 0.15) is 10.4 Å². The molecule has 1 aromatic heterocycles. The summed E-state index contributed by atoms with van der Waals surface area (Å²) in [6.45, 7) is 0.430. The van der Waals surface area contributed by atoms with Gasteiger partial charge in [-0.2, -0.15) is 0 Å². The largest absolute Gasteiger partial charge is 0.497 e. The molecule has 0 saturated heterocycles. The SMILES string of the molecule is COc1ccc(-c2[nH]c3ccccc3c2SCCNC(=O)c2ccccc2F)cc1. The Labute approximate surface area is 178 Å². The second-order valence-corrected chi connectivity index (χ2v) is 7.79. The molecule has 4 aromatic rings. The molecule has 0 fully saturated rings. The molecule has 0 radical (unpaired) electrons. The number of aromatic nitrogens is 1. The van der Waals surface area contributed by atoms with Gasteiger partial charge in [-0.1, -0.05) is 30.3 Å². The molecule has 30 heavy (non-hydrogen) atoms. The Morgan fingerprint density at radius 2 is 1.77 bits per heavy atom. The smallest absolute Gasteiger partial charge is 0.254 e. The zero-order valence-electron chi connectivity index (χ0n) is 16.4. The maximum atomic E-state index is 13.8. The van der Waals surface area contributed by atoms with Gasteiger partial charge in [0, 0.05) is 28.1 Å². The molecule has 0 unspecified atom stereocenters. The van der Waals surface area contributed by atoms with Crippen molar-refractivity contribution in [2.24, 2.45) is 0 Å². The first-order valence-electron chi connectivity index (χ1n) is 9.58. The molecule has 0 spiro atoms. The van der Waals surface area contributed by atoms with Gasteiger partial charge in [-0.25, -0.2) is 4.39 Å². The quantitative estimate of drug-likeness (QED) is 0.306. The summed E-state index contributed by atoms with van der Waals surface area (Å²) >= 11 is 1.66. The average molecular weight is 421 g/mol. The number of fused-ring (bicyclic) bond motifs is 1. The third kappa shape index (κ3) is 4.19. The molecule has 3 aromatic carbocycles. The van der Waals surface area contributed by atoms with Crippen molar-refractivity contribution >= 4 is 28.6 Å². The minimum atomic E-state index is -0.513. The van der Waals surface area contributed by atoms with Gasteiger partial charge in [0.1, 0.15) is 11.6 Å². The van der Waals surface area contributed by atoms with E-state index in [0.29, 0.717) is 12.3 Å². The fraction of sp³-hybridized carbons (Fsp3) is 0.125. The summed E-state index contributed by atoms with van der Waals surface area (Å²) in [4.78, 5) is 16.8. The number of para-hydroxylation sites is 1. The molecule has 1 amide bonds. The highest BCUT2D eigenvalue weighted by molar-refractivity contribution is 7.99. The number of carbonyl (C=O) groups excluding carboxylic acids is 1. The summed E-state index contributed by atoms with van der Waals surface area (Å²) < 4.78 is 19.0. The maximum Gasteiger partial charge on any atom is 0.254 e. The van der Waals surface area contributed by atoms with Gasteiger partial charge in [-0.3, -0.25) is 4.79 Å². The minimum absolute atomic E-state index is 0.0634. The van der Waals surface area contributed by atoms with E-state index < -0.39 is 11.7 Å². The van der Waals surface area contributed by atoms with Crippen LogP contribution in [0.3, 0.4) is 0 Å². The second kappa shape index (κ2) is 9.05. The zero-order valence-corrected chi connectivity index (χ0v) is 17.3. The van der Waals surface area contributed by atoms with E-state index in [2.05, 4.69) is 16.4 Å². The van der Waals surface area contributed by atoms with Crippen LogP contribution in [0.15, 0.2) is 77.7 Å². The van der Waals surface area contributed by atoms with Gasteiger partial charge in [-0.15, -0.1) is 11.8 Å². The predicted octanol–water partition coefficient (Wildman–Crippen LogP) is 5.50. The predicted molar refractivity (Wildman–Crippen MR) is 120 cm³/mol. The molecular weight excluding hydrogens is 399 g/mol. The van der Waals surface area contributed by atoms with E-state index >= 15 is 0 Å². The lowest BCUT2D eigenvalue weighted by Crippen LogP contribution is -2.26. The molecule has 0 aliphatic heterocycles. The van der Waals surface area contributed by atoms with Crippen molar-refractivity contribution in [2.75, 3.05) is 19.4 Å². The molecule has 0 atom stereocenters. The van der Waals surface area contributed by atoms with Gasteiger partial charge in [0.15, 0.2) is 0 Å². The summed E-state index contributed by atoms with van der Waals surface area (Å²) in [5, 5.41) is 3.93. The van der Waals surface area contributed by atoms with Crippen LogP contribution < -0.4 is 10.1 Å². The molecule has 0 bridgehead atoms. The van der Waals surface area contributed by atoms with Crippen molar-refractivity contribution in [3.63, 3.8) is 0 Å². The van der Waals surface area contributed by atoms with Crippen LogP contribution in [0.2, 0.25) is 0 Å². The number of thioether (sulfide) groups is 1. The minimum Gasteiger partial charge on any atom is -0.497 e. The van der Waals surface area contributed by atoms with Gasteiger partial charge >= 0.3 is 0 Å². The Hall–Kier alpha value is -3.25. The van der Waals surface area contributed by atoms with Crippen molar-refractivity contribution in [3.05, 3.63) is 84.2 Å². The number of benzene rings is 3. The topological polar surface area (TPSA) is 54.1 Å². The van der Waals surface area contributed by atoms with Crippen LogP contribution in [-0.4, -0.2) is 30.3 Å². The third-order valence-electron chi connectivity index (χ3n) is 4.79. The number of rotatable bonds is 7. The van der Waals surface area contributed by atoms with E-state index in [4.69, 9.17) is 4.74 Å². The zero-order chi connectivity index (χ0) is 20.9. The standard InChI is InChI=1S/C24H21FN2O2S/c1-29-17-12-10-16(11-13-17)22-23(19-7-3-5-9-21(19)27-22)30-15-14-26-24(28)18-6-2-4-8-20(18)25/h2-13,27H,14-15H2,1H3,(H,26,28). The molecule has 0 saturated carbocycles. The van der Waals surface area contributed by atoms with Crippen molar-refractivity contribution in [1.29, 1.82) is 0 Å². The fourth-order valence-electron chi connectivity index (χ4n) is 3.29. The first-order valence-corrected chi connectivity index (χ1v) is 10.6. The van der Waals surface area contributed by atoms with E-state index in [1.165, 1.54) is 12.1 Å². The lowest BCUT2D eigenvalue weighted by molar-refractivity contribution is 0.0952. The Morgan fingerprint density at radius 1 is 1.03 bits per heavy atom. The van der Waals surface area contributed by atoms with E-state index in [1.807, 2.05) is 42.5 Å². The van der Waals surface area contributed by atoms with Crippen LogP contribution in [-0.2, 0) is 0 Å². The van der Waals surface area contributed by atoms with Crippen LogP contribution in [0, 0.1) is 5.82 Å². The number of ether oxygens (including phenoxy) is 1. The van der Waals surface area contributed by atoms with Crippen LogP contribution in [0.25, 0.3) is 22.2 Å². The molecular formula is C24H21FN2O2S. The van der Waals surface area contributed by atoms with Crippen LogP contribution >= 0.6 is 11.8 Å². The first kappa shape index (κ1) is 20.0. The molecule has 4 rings (SSSR count). The second-order valence-electron chi connectivity index (χ2n) is 6.69. The number of hydrogen-bond acceptors (Lipinski definition) is 3. The summed E-state index contributed by atoms with van der Waals surface area (Å²) in [6, 6.07) is 22.0. The van der Waals surface area contributed by atoms with Gasteiger partial charge in [0.25, 0.3) is 5.91 Å². The molecule has 0 aliphatic carbocycles. The van der Waals surface area contributed by atoms with Crippen molar-refractivity contribution < 1.29 is 13.9 Å². The lowest BCUT2D eigenvalue weighted by Gasteiger charge is -2.08. The number of amides is 1. The van der Waals surface area contributed by atoms with Crippen LogP contribution in [0.5, 0.6) is 5.75 Å². The number of methoxy groups -OCH3 is 1. The highest BCUT2D eigenvalue weighted by atomic mass is 32.2. The lowest BCUT2D eigenvalue weighted by atomic mass is 10.1. The maximum absolute atomic E-state index is 13.8. The van der Waals surface area contributed by atoms with Gasteiger partial charge < -0.3 is 15.0 Å². The number of H-pyrrole nitrogens is 1. The third-order valence-corrected chi connectivity index (χ3v) is 5.91. The van der Waals surface area contributed by atoms with E-state index in [-0.39, 0.29) is 5.56 Å². The first-order chi connectivity index (χ1) is 14.7. The number of hydrogen-bond donors (Lipinski definition) is 2. The highest BCUT2D eigenvalue weighted by Crippen LogP contribution is 2.38. The Kier molecular flexibility index (Phi) is 6.05. The van der Waals surface area contributed by atoms with E-state index in [0.717, 1.165) is 32.8 Å². The van der Waals surface area contributed by atoms with Gasteiger partial charge in [0.2, 0.25) is 0 Å². The molecule has 4 nitrogen and oxygen atoms in total. The summed E-state index contributed by atoms with van der Waals surface area (Å²) in [5.41, 5.74) is 3.21. The summed E-state index contributed by atoms with van der Waals surface area (Å²) in [6.07, 6.45) is 0. The van der Waals surface area contributed by atoms with Crippen molar-refractivity contribution in [2.45, 2.75) is 4.90 Å². The van der Waals surface area contributed by atoms with Crippen LogP contribution in [0.4, 0.5) is 4.39 Å². The van der Waals surface area contributed by atoms with E-state index in [9.17, 15) is 9.18 Å². The monoisotopic (exact) mass is 420 g/mol. The molecule has 0 aliphatic rings. The number of aromatic amines is 1.